The fourth-order valence-electron chi connectivity index (χ4n) is 0.882. The molecule has 0 aliphatic rings. The van der Waals surface area contributed by atoms with Crippen molar-refractivity contribution in [2.45, 2.75) is 6.92 Å². The molecule has 1 N–H and O–H groups in total. The molecule has 0 heterocycles. The first-order valence-corrected chi connectivity index (χ1v) is 3.40. The van der Waals surface area contributed by atoms with Gasteiger partial charge in [0.1, 0.15) is 5.75 Å². The summed E-state index contributed by atoms with van der Waals surface area (Å²) in [6.07, 6.45) is 0. The molecule has 1 aromatic carbocycles. The lowest BCUT2D eigenvalue weighted by atomic mass is 9.79. The number of hydrogen-bond acceptors (Lipinski definition) is 1. The van der Waals surface area contributed by atoms with Gasteiger partial charge in [-0.1, -0.05) is 12.1 Å². The molecule has 12 heavy (non-hydrogen) atoms. The highest BCUT2D eigenvalue weighted by atomic mass is 19.4. The topological polar surface area (TPSA) is 20.2 Å². The maximum atomic E-state index is 12.1. The van der Waals surface area contributed by atoms with E-state index in [1.165, 1.54) is 6.92 Å². The van der Waals surface area contributed by atoms with E-state index in [1.54, 1.807) is 0 Å². The molecule has 0 aromatic heterocycles. The molecule has 0 radical (unpaired) electrons. The summed E-state index contributed by atoms with van der Waals surface area (Å²) in [6.45, 7) is -3.52. The van der Waals surface area contributed by atoms with Gasteiger partial charge >= 0.3 is 6.98 Å². The van der Waals surface area contributed by atoms with Crippen LogP contribution in [-0.4, -0.2) is 12.1 Å². The summed E-state index contributed by atoms with van der Waals surface area (Å²) in [6, 6.07) is 2.87. The Morgan fingerprint density at radius 3 is 2.25 bits per heavy atom. The summed E-state index contributed by atoms with van der Waals surface area (Å²) in [5.41, 5.74) is -0.433. The number of aryl methyl sites for hydroxylation is 1. The Kier molecular flexibility index (Phi) is 2.04. The third kappa shape index (κ3) is 1.72. The van der Waals surface area contributed by atoms with Gasteiger partial charge in [-0.15, -0.1) is 5.46 Å². The normalized spacial score (nSPS) is 11.7. The van der Waals surface area contributed by atoms with Gasteiger partial charge in [0.2, 0.25) is 0 Å². The Bertz CT molecular complexity index is 295. The first-order valence-electron chi connectivity index (χ1n) is 3.40. The predicted molar refractivity (Wildman–Crippen MR) is 41.6 cm³/mol. The molecule has 1 nitrogen and oxygen atoms in total. The van der Waals surface area contributed by atoms with E-state index in [1.807, 2.05) is 0 Å². The van der Waals surface area contributed by atoms with Crippen LogP contribution < -0.4 is 5.46 Å². The number of rotatable bonds is 1. The molecule has 0 spiro atoms. The van der Waals surface area contributed by atoms with Gasteiger partial charge in [-0.25, -0.2) is 0 Å². The standard InChI is InChI=1S/C7H7BF3O/c1-5-4-6(8(9,10)11)2-3-7(5)12/h2-4,12H,1H3/q-1. The molecule has 0 aliphatic heterocycles. The Labute approximate surface area is 67.9 Å². The fraction of sp³-hybridized carbons (Fsp3) is 0.143. The second kappa shape index (κ2) is 2.73. The Morgan fingerprint density at radius 2 is 1.83 bits per heavy atom. The third-order valence-corrected chi connectivity index (χ3v) is 1.60. The largest absolute Gasteiger partial charge is 0.509 e. The van der Waals surface area contributed by atoms with Crippen molar-refractivity contribution in [1.82, 2.24) is 0 Å². The van der Waals surface area contributed by atoms with E-state index in [9.17, 15) is 12.9 Å². The summed E-state index contributed by atoms with van der Waals surface area (Å²) in [4.78, 5) is 0. The molecular formula is C7H7BF3O-. The quantitative estimate of drug-likeness (QED) is 0.644. The van der Waals surface area contributed by atoms with Gasteiger partial charge in [0, 0.05) is 0 Å². The molecule has 0 saturated heterocycles. The van der Waals surface area contributed by atoms with Crippen molar-refractivity contribution in [3.8, 4) is 5.75 Å². The van der Waals surface area contributed by atoms with Crippen molar-refractivity contribution in [3.63, 3.8) is 0 Å². The highest BCUT2D eigenvalue weighted by molar-refractivity contribution is 6.73. The lowest BCUT2D eigenvalue weighted by molar-refractivity contribution is 0.470. The van der Waals surface area contributed by atoms with E-state index in [0.717, 1.165) is 18.2 Å². The van der Waals surface area contributed by atoms with Crippen LogP contribution in [0.2, 0.25) is 0 Å². The van der Waals surface area contributed by atoms with Gasteiger partial charge in [-0.05, 0) is 18.6 Å². The van der Waals surface area contributed by atoms with Crippen LogP contribution in [0.5, 0.6) is 5.75 Å². The monoisotopic (exact) mass is 175 g/mol. The second-order valence-electron chi connectivity index (χ2n) is 2.62. The molecule has 1 aromatic rings. The molecule has 1 rings (SSSR count). The van der Waals surface area contributed by atoms with Gasteiger partial charge in [0.25, 0.3) is 0 Å². The Morgan fingerprint density at radius 1 is 1.25 bits per heavy atom. The van der Waals surface area contributed by atoms with Crippen LogP contribution in [-0.2, 0) is 0 Å². The molecule has 0 bridgehead atoms. The second-order valence-corrected chi connectivity index (χ2v) is 2.62. The van der Waals surface area contributed by atoms with Crippen molar-refractivity contribution in [3.05, 3.63) is 23.8 Å². The van der Waals surface area contributed by atoms with Gasteiger partial charge in [0.15, 0.2) is 0 Å². The van der Waals surface area contributed by atoms with E-state index in [-0.39, 0.29) is 11.3 Å². The van der Waals surface area contributed by atoms with E-state index in [2.05, 4.69) is 0 Å². The summed E-state index contributed by atoms with van der Waals surface area (Å²) < 4.78 is 36.2. The summed E-state index contributed by atoms with van der Waals surface area (Å²) in [5, 5.41) is 8.95. The van der Waals surface area contributed by atoms with Crippen LogP contribution in [0.15, 0.2) is 18.2 Å². The van der Waals surface area contributed by atoms with E-state index < -0.39 is 12.4 Å². The predicted octanol–water partition coefficient (Wildman–Crippen LogP) is 1.76. The first kappa shape index (κ1) is 8.97. The van der Waals surface area contributed by atoms with Crippen molar-refractivity contribution in [1.29, 1.82) is 0 Å². The maximum absolute atomic E-state index is 12.1. The highest BCUT2D eigenvalue weighted by Crippen LogP contribution is 2.16. The lowest BCUT2D eigenvalue weighted by Gasteiger charge is -2.15. The van der Waals surface area contributed by atoms with Crippen LogP contribution in [0.25, 0.3) is 0 Å². The van der Waals surface area contributed by atoms with Gasteiger partial charge in [0.05, 0.1) is 0 Å². The van der Waals surface area contributed by atoms with Crippen molar-refractivity contribution in [2.75, 3.05) is 0 Å². The lowest BCUT2D eigenvalue weighted by Crippen LogP contribution is -2.33. The molecule has 0 atom stereocenters. The van der Waals surface area contributed by atoms with E-state index in [4.69, 9.17) is 5.11 Å². The SMILES string of the molecule is Cc1cc([B-](F)(F)F)ccc1O. The van der Waals surface area contributed by atoms with Gasteiger partial charge < -0.3 is 18.1 Å². The molecule has 5 heteroatoms. The fourth-order valence-corrected chi connectivity index (χ4v) is 0.882. The van der Waals surface area contributed by atoms with Crippen LogP contribution in [0.1, 0.15) is 5.56 Å². The molecule has 0 unspecified atom stereocenters. The Balaban J connectivity index is 3.14. The molecule has 66 valence electrons. The maximum Gasteiger partial charge on any atom is 0.509 e. The van der Waals surface area contributed by atoms with Crippen LogP contribution in [0.3, 0.4) is 0 Å². The zero-order valence-electron chi connectivity index (χ0n) is 6.39. The van der Waals surface area contributed by atoms with E-state index >= 15 is 0 Å². The highest BCUT2D eigenvalue weighted by Gasteiger charge is 2.25. The minimum Gasteiger partial charge on any atom is -0.508 e. The zero-order chi connectivity index (χ0) is 9.35. The third-order valence-electron chi connectivity index (χ3n) is 1.60. The summed E-state index contributed by atoms with van der Waals surface area (Å²) in [5.74, 6) is -0.112. The minimum absolute atomic E-state index is 0.112. The smallest absolute Gasteiger partial charge is 0.508 e. The molecular weight excluding hydrogens is 168 g/mol. The summed E-state index contributed by atoms with van der Waals surface area (Å²) >= 11 is 0. The number of hydrogen-bond donors (Lipinski definition) is 1. The average molecular weight is 175 g/mol. The average Bonchev–Trinajstić information content (AvgIpc) is 1.92. The number of benzene rings is 1. The number of phenols is 1. The van der Waals surface area contributed by atoms with Crippen molar-refractivity contribution in [2.24, 2.45) is 0 Å². The van der Waals surface area contributed by atoms with Crippen molar-refractivity contribution < 1.29 is 18.1 Å². The number of aromatic hydroxyl groups is 1. The van der Waals surface area contributed by atoms with Crippen LogP contribution >= 0.6 is 0 Å². The molecule has 0 amide bonds. The molecule has 0 fully saturated rings. The van der Waals surface area contributed by atoms with E-state index in [0.29, 0.717) is 0 Å². The Hall–Kier alpha value is -1.13. The van der Waals surface area contributed by atoms with Gasteiger partial charge in [-0.3, -0.25) is 0 Å². The minimum atomic E-state index is -4.95. The van der Waals surface area contributed by atoms with Crippen molar-refractivity contribution >= 4 is 12.4 Å². The molecule has 0 aliphatic carbocycles. The molecule has 0 saturated carbocycles. The zero-order valence-corrected chi connectivity index (χ0v) is 6.39. The van der Waals surface area contributed by atoms with Crippen LogP contribution in [0.4, 0.5) is 12.9 Å². The number of phenolic OH excluding ortho intramolecular Hbond substituents is 1. The van der Waals surface area contributed by atoms with Gasteiger partial charge in [-0.2, -0.15) is 0 Å². The number of halogens is 3. The summed E-state index contributed by atoms with van der Waals surface area (Å²) in [7, 11) is 0. The van der Waals surface area contributed by atoms with Crippen LogP contribution in [0, 0.1) is 6.92 Å². The first-order chi connectivity index (χ1) is 5.41.